The van der Waals surface area contributed by atoms with Crippen molar-refractivity contribution in [3.63, 3.8) is 0 Å². The summed E-state index contributed by atoms with van der Waals surface area (Å²) < 4.78 is 32.7. The summed E-state index contributed by atoms with van der Waals surface area (Å²) in [6.07, 6.45) is 44.3. The smallest absolute Gasteiger partial charge is 0.457 e. The molecule has 0 heterocycles. The lowest BCUT2D eigenvalue weighted by Crippen LogP contribution is -2.28. The molecule has 0 saturated carbocycles. The van der Waals surface area contributed by atoms with Gasteiger partial charge in [0, 0.05) is 19.6 Å². The molecule has 0 saturated heterocycles. The fourth-order valence-corrected chi connectivity index (χ4v) is 4.78. The number of ether oxygens (including phenoxy) is 2. The molecule has 2 unspecified atom stereocenters. The highest BCUT2D eigenvalue weighted by atomic mass is 31.2. The third kappa shape index (κ3) is 34.8. The minimum absolute atomic E-state index is 0.0894. The average Bonchev–Trinajstić information content (AvgIpc) is 3.06. The lowest BCUT2D eigenvalue weighted by atomic mass is 10.1. The van der Waals surface area contributed by atoms with Crippen LogP contribution in [0.4, 0.5) is 0 Å². The minimum atomic E-state index is -4.26. The Bertz CT molecular complexity index is 985. The number of phosphoric ester groups is 1. The molecule has 268 valence electrons. The second-order valence-corrected chi connectivity index (χ2v) is 12.5. The van der Waals surface area contributed by atoms with Gasteiger partial charge in [0.25, 0.3) is 0 Å². The highest BCUT2D eigenvalue weighted by molar-refractivity contribution is 7.47. The Morgan fingerprint density at radius 2 is 1.17 bits per heavy atom. The summed E-state index contributed by atoms with van der Waals surface area (Å²) in [4.78, 5) is 21.7. The van der Waals surface area contributed by atoms with Crippen LogP contribution in [0.1, 0.15) is 110 Å². The fourth-order valence-electron chi connectivity index (χ4n) is 4.01. The maximum Gasteiger partial charge on any atom is 0.472 e. The van der Waals surface area contributed by atoms with Gasteiger partial charge in [0.05, 0.1) is 19.8 Å². The van der Waals surface area contributed by atoms with Crippen molar-refractivity contribution in [2.75, 3.05) is 33.0 Å². The summed E-state index contributed by atoms with van der Waals surface area (Å²) in [5.74, 6) is -0.381. The van der Waals surface area contributed by atoms with Gasteiger partial charge in [-0.05, 0) is 70.6 Å². The van der Waals surface area contributed by atoms with E-state index in [0.717, 1.165) is 83.5 Å². The van der Waals surface area contributed by atoms with Gasteiger partial charge in [-0.15, -0.1) is 0 Å². The molecule has 47 heavy (non-hydrogen) atoms. The van der Waals surface area contributed by atoms with Crippen LogP contribution in [0.3, 0.4) is 0 Å². The van der Waals surface area contributed by atoms with E-state index in [2.05, 4.69) is 92.0 Å². The zero-order valence-corrected chi connectivity index (χ0v) is 30.1. The van der Waals surface area contributed by atoms with Crippen LogP contribution < -0.4 is 5.73 Å². The Kier molecular flexibility index (Phi) is 33.3. The van der Waals surface area contributed by atoms with Crippen LogP contribution >= 0.6 is 7.82 Å². The number of esters is 1. The van der Waals surface area contributed by atoms with E-state index in [0.29, 0.717) is 13.0 Å². The van der Waals surface area contributed by atoms with Gasteiger partial charge in [-0.2, -0.15) is 0 Å². The van der Waals surface area contributed by atoms with Crippen LogP contribution in [0.15, 0.2) is 85.1 Å². The third-order valence-corrected chi connectivity index (χ3v) is 7.56. The van der Waals surface area contributed by atoms with Gasteiger partial charge in [0.2, 0.25) is 0 Å². The van der Waals surface area contributed by atoms with Crippen molar-refractivity contribution in [1.82, 2.24) is 0 Å². The maximum atomic E-state index is 12.0. The number of hydrogen-bond donors (Lipinski definition) is 2. The molecule has 0 aromatic rings. The highest BCUT2D eigenvalue weighted by Gasteiger charge is 2.25. The van der Waals surface area contributed by atoms with Crippen molar-refractivity contribution >= 4 is 13.8 Å². The van der Waals surface area contributed by atoms with Crippen molar-refractivity contribution in [2.45, 2.75) is 116 Å². The Balaban J connectivity index is 3.88. The van der Waals surface area contributed by atoms with Crippen LogP contribution in [-0.4, -0.2) is 49.9 Å². The fraction of sp³-hybridized carbons (Fsp3) is 0.605. The summed E-state index contributed by atoms with van der Waals surface area (Å²) >= 11 is 0. The predicted octanol–water partition coefficient (Wildman–Crippen LogP) is 9.79. The molecule has 0 fully saturated rings. The van der Waals surface area contributed by atoms with E-state index in [-0.39, 0.29) is 38.8 Å². The molecule has 0 aromatic heterocycles. The first-order valence-electron chi connectivity index (χ1n) is 17.6. The van der Waals surface area contributed by atoms with Crippen molar-refractivity contribution in [3.05, 3.63) is 85.1 Å². The number of carbonyl (C=O) groups is 1. The number of hydrogen-bond acceptors (Lipinski definition) is 7. The molecule has 0 aliphatic carbocycles. The summed E-state index contributed by atoms with van der Waals surface area (Å²) in [6, 6.07) is 0. The predicted molar refractivity (Wildman–Crippen MR) is 196 cm³/mol. The molecule has 3 N–H and O–H groups in total. The van der Waals surface area contributed by atoms with E-state index < -0.39 is 13.9 Å². The first-order valence-corrected chi connectivity index (χ1v) is 19.1. The van der Waals surface area contributed by atoms with Crippen molar-refractivity contribution in [1.29, 1.82) is 0 Å². The number of unbranched alkanes of at least 4 members (excludes halogenated alkanes) is 5. The topological polar surface area (TPSA) is 117 Å². The summed E-state index contributed by atoms with van der Waals surface area (Å²) in [6.45, 7) is 4.44. The van der Waals surface area contributed by atoms with E-state index >= 15 is 0 Å². The quantitative estimate of drug-likeness (QED) is 0.0313. The van der Waals surface area contributed by atoms with Crippen LogP contribution in [0.5, 0.6) is 0 Å². The second-order valence-electron chi connectivity index (χ2n) is 11.0. The Morgan fingerprint density at radius 1 is 0.660 bits per heavy atom. The number of carbonyl (C=O) groups excluding carboxylic acids is 1. The molecule has 9 heteroatoms. The van der Waals surface area contributed by atoms with E-state index in [1.165, 1.54) is 0 Å². The first-order chi connectivity index (χ1) is 22.9. The molecule has 0 radical (unpaired) electrons. The highest BCUT2D eigenvalue weighted by Crippen LogP contribution is 2.43. The molecule has 0 aromatic carbocycles. The zero-order valence-electron chi connectivity index (χ0n) is 29.2. The zero-order chi connectivity index (χ0) is 34.5. The van der Waals surface area contributed by atoms with Gasteiger partial charge in [-0.1, -0.05) is 118 Å². The Labute approximate surface area is 286 Å². The van der Waals surface area contributed by atoms with E-state index in [1.54, 1.807) is 0 Å². The van der Waals surface area contributed by atoms with Gasteiger partial charge in [-0.3, -0.25) is 13.8 Å². The van der Waals surface area contributed by atoms with Gasteiger partial charge < -0.3 is 20.1 Å². The molecular weight excluding hydrogens is 613 g/mol. The van der Waals surface area contributed by atoms with Crippen LogP contribution in [0.25, 0.3) is 0 Å². The molecular formula is C38H64NO7P. The van der Waals surface area contributed by atoms with Crippen LogP contribution in [0.2, 0.25) is 0 Å². The average molecular weight is 678 g/mol. The van der Waals surface area contributed by atoms with Gasteiger partial charge in [-0.25, -0.2) is 4.57 Å². The largest absolute Gasteiger partial charge is 0.472 e. The number of rotatable bonds is 32. The maximum absolute atomic E-state index is 12.0. The monoisotopic (exact) mass is 677 g/mol. The van der Waals surface area contributed by atoms with E-state index in [4.69, 9.17) is 24.3 Å². The second kappa shape index (κ2) is 35.0. The van der Waals surface area contributed by atoms with Gasteiger partial charge >= 0.3 is 13.8 Å². The molecule has 0 aliphatic rings. The normalized spacial score (nSPS) is 14.7. The lowest BCUT2D eigenvalue weighted by molar-refractivity contribution is -0.154. The molecule has 2 atom stereocenters. The minimum Gasteiger partial charge on any atom is -0.457 e. The summed E-state index contributed by atoms with van der Waals surface area (Å²) in [5, 5.41) is 0. The molecule has 0 amide bonds. The molecule has 8 nitrogen and oxygen atoms in total. The lowest BCUT2D eigenvalue weighted by Gasteiger charge is -2.20. The summed E-state index contributed by atoms with van der Waals surface area (Å²) in [5.41, 5.74) is 5.29. The number of allylic oxidation sites excluding steroid dienone is 14. The summed E-state index contributed by atoms with van der Waals surface area (Å²) in [7, 11) is -4.26. The van der Waals surface area contributed by atoms with Crippen LogP contribution in [-0.2, 0) is 27.9 Å². The Hall–Kier alpha value is -2.32. The Morgan fingerprint density at radius 3 is 1.68 bits per heavy atom. The van der Waals surface area contributed by atoms with Gasteiger partial charge in [0.1, 0.15) is 6.10 Å². The first kappa shape index (κ1) is 44.7. The van der Waals surface area contributed by atoms with Crippen molar-refractivity contribution < 1.29 is 32.8 Å². The molecule has 0 spiro atoms. The van der Waals surface area contributed by atoms with E-state index in [1.807, 2.05) is 6.92 Å². The number of nitrogens with two attached hydrogens (primary N) is 1. The van der Waals surface area contributed by atoms with Gasteiger partial charge in [0.15, 0.2) is 0 Å². The number of phosphoric acid groups is 1. The van der Waals surface area contributed by atoms with E-state index in [9.17, 15) is 14.3 Å². The standard InChI is InChI=1S/C38H64NO7P/c1-3-5-7-8-9-10-11-12-13-14-15-16-17-18-19-20-21-22-23-24-25-26-27-28-29-30-33-43-35-37(46-38(40)31-6-4-2)36-45-47(41,42)44-34-32-39/h5,7,9-10,12-13,15-16,18-19,21-22,24-25,37H,3-4,6,8,11,14,17,20,23,26-36,39H2,1-2H3,(H,41,42)/b7-5-,10-9-,13-12-,16-15-,19-18-,22-21-,25-24-. The van der Waals surface area contributed by atoms with Crippen molar-refractivity contribution in [3.8, 4) is 0 Å². The molecule has 0 aliphatic heterocycles. The SMILES string of the molecule is CC/C=C\C/C=C\C/C=C\C/C=C\C/C=C\C/C=C\C/C=C\CCCCCCOCC(COP(=O)(O)OCCN)OC(=O)CCCC. The van der Waals surface area contributed by atoms with Crippen LogP contribution in [0, 0.1) is 0 Å². The molecule has 0 rings (SSSR count). The van der Waals surface area contributed by atoms with Crippen molar-refractivity contribution in [2.24, 2.45) is 5.73 Å². The third-order valence-electron chi connectivity index (χ3n) is 6.58. The molecule has 0 bridgehead atoms.